The number of hydrogen-bond donors (Lipinski definition) is 1. The lowest BCUT2D eigenvalue weighted by molar-refractivity contribution is -0.137. The SMILES string of the molecule is Cc1cc(/C=N\NC(=O)c2cccc(C(F)(F)F)c2)c(C)n1-c1ccc(C(C)(C)C)cc1. The van der Waals surface area contributed by atoms with Gasteiger partial charge in [0.05, 0.1) is 11.8 Å². The molecular formula is C25H26F3N3O. The molecule has 0 bridgehead atoms. The number of nitrogens with one attached hydrogen (secondary N) is 1. The van der Waals surface area contributed by atoms with Gasteiger partial charge in [0.1, 0.15) is 0 Å². The highest BCUT2D eigenvalue weighted by Gasteiger charge is 2.30. The average molecular weight is 441 g/mol. The van der Waals surface area contributed by atoms with Gasteiger partial charge in [0, 0.05) is 28.2 Å². The minimum atomic E-state index is -4.51. The number of aryl methyl sites for hydroxylation is 1. The molecule has 3 rings (SSSR count). The van der Waals surface area contributed by atoms with Crippen molar-refractivity contribution in [3.63, 3.8) is 0 Å². The standard InChI is InChI=1S/C25H26F3N3O/c1-16-13-19(17(2)31(16)22-11-9-20(10-12-22)24(3,4)5)15-29-30-23(32)18-7-6-8-21(14-18)25(26,27)28/h6-15H,1-5H3,(H,30,32)/b29-15-. The van der Waals surface area contributed by atoms with Gasteiger partial charge in [-0.3, -0.25) is 4.79 Å². The molecule has 0 aliphatic rings. The van der Waals surface area contributed by atoms with Crippen LogP contribution < -0.4 is 5.43 Å². The zero-order valence-electron chi connectivity index (χ0n) is 18.7. The van der Waals surface area contributed by atoms with Crippen LogP contribution in [0.25, 0.3) is 5.69 Å². The molecule has 1 amide bonds. The van der Waals surface area contributed by atoms with Crippen molar-refractivity contribution in [2.75, 3.05) is 0 Å². The van der Waals surface area contributed by atoms with Crippen molar-refractivity contribution in [1.29, 1.82) is 0 Å². The Balaban J connectivity index is 1.77. The third kappa shape index (κ3) is 5.10. The molecule has 168 valence electrons. The van der Waals surface area contributed by atoms with Crippen molar-refractivity contribution in [1.82, 2.24) is 9.99 Å². The van der Waals surface area contributed by atoms with Gasteiger partial charge in [0.2, 0.25) is 0 Å². The van der Waals surface area contributed by atoms with Crippen molar-refractivity contribution < 1.29 is 18.0 Å². The molecule has 2 aromatic carbocycles. The first-order valence-electron chi connectivity index (χ1n) is 10.2. The predicted octanol–water partition coefficient (Wildman–Crippen LogP) is 6.17. The number of alkyl halides is 3. The van der Waals surface area contributed by atoms with Crippen molar-refractivity contribution in [2.45, 2.75) is 46.2 Å². The molecule has 3 aromatic rings. The number of halogens is 3. The van der Waals surface area contributed by atoms with E-state index in [1.165, 1.54) is 23.9 Å². The summed E-state index contributed by atoms with van der Waals surface area (Å²) in [6.45, 7) is 10.4. The van der Waals surface area contributed by atoms with Crippen molar-refractivity contribution in [3.8, 4) is 5.69 Å². The van der Waals surface area contributed by atoms with Gasteiger partial charge < -0.3 is 4.57 Å². The van der Waals surface area contributed by atoms with Crippen LogP contribution in [-0.4, -0.2) is 16.7 Å². The van der Waals surface area contributed by atoms with Crippen LogP contribution in [0.4, 0.5) is 13.2 Å². The number of aromatic nitrogens is 1. The quantitative estimate of drug-likeness (QED) is 0.382. The van der Waals surface area contributed by atoms with Crippen LogP contribution in [0.1, 0.15) is 59.2 Å². The second kappa shape index (κ2) is 8.65. The molecule has 0 unspecified atom stereocenters. The predicted molar refractivity (Wildman–Crippen MR) is 120 cm³/mol. The highest BCUT2D eigenvalue weighted by Crippen LogP contribution is 2.29. The van der Waals surface area contributed by atoms with Crippen molar-refractivity contribution >= 4 is 12.1 Å². The number of carbonyl (C=O) groups excluding carboxylic acids is 1. The van der Waals surface area contributed by atoms with E-state index in [1.54, 1.807) is 0 Å². The largest absolute Gasteiger partial charge is 0.416 e. The zero-order chi connectivity index (χ0) is 23.7. The van der Waals surface area contributed by atoms with E-state index in [0.29, 0.717) is 0 Å². The van der Waals surface area contributed by atoms with E-state index in [-0.39, 0.29) is 11.0 Å². The van der Waals surface area contributed by atoms with Gasteiger partial charge in [0.25, 0.3) is 5.91 Å². The summed E-state index contributed by atoms with van der Waals surface area (Å²) >= 11 is 0. The lowest BCUT2D eigenvalue weighted by atomic mass is 9.87. The number of amides is 1. The van der Waals surface area contributed by atoms with E-state index in [0.717, 1.165) is 34.8 Å². The third-order valence-corrected chi connectivity index (χ3v) is 5.28. The first kappa shape index (κ1) is 23.3. The van der Waals surface area contributed by atoms with Gasteiger partial charge in [-0.2, -0.15) is 18.3 Å². The average Bonchev–Trinajstić information content (AvgIpc) is 3.00. The van der Waals surface area contributed by atoms with Crippen LogP contribution in [0.15, 0.2) is 59.7 Å². The van der Waals surface area contributed by atoms with E-state index in [9.17, 15) is 18.0 Å². The summed E-state index contributed by atoms with van der Waals surface area (Å²) in [4.78, 5) is 12.2. The van der Waals surface area contributed by atoms with Crippen molar-refractivity contribution in [2.24, 2.45) is 5.10 Å². The van der Waals surface area contributed by atoms with Gasteiger partial charge in [0.15, 0.2) is 0 Å². The summed E-state index contributed by atoms with van der Waals surface area (Å²) in [6.07, 6.45) is -3.02. The Kier molecular flexibility index (Phi) is 6.30. The van der Waals surface area contributed by atoms with Crippen LogP contribution in [0, 0.1) is 13.8 Å². The number of hydrogen-bond acceptors (Lipinski definition) is 2. The molecule has 1 N–H and O–H groups in total. The molecule has 0 saturated carbocycles. The Bertz CT molecular complexity index is 1150. The normalized spacial score (nSPS) is 12.4. The Hall–Kier alpha value is -3.35. The molecule has 7 heteroatoms. The number of nitrogens with zero attached hydrogens (tertiary/aromatic N) is 2. The van der Waals surface area contributed by atoms with Gasteiger partial charge >= 0.3 is 6.18 Å². The van der Waals surface area contributed by atoms with E-state index < -0.39 is 17.6 Å². The molecule has 1 aromatic heterocycles. The fourth-order valence-electron chi connectivity index (χ4n) is 3.49. The van der Waals surface area contributed by atoms with Gasteiger partial charge in [-0.15, -0.1) is 0 Å². The molecule has 0 spiro atoms. The Morgan fingerprint density at radius 3 is 2.22 bits per heavy atom. The summed E-state index contributed by atoms with van der Waals surface area (Å²) in [5, 5.41) is 3.95. The second-order valence-electron chi connectivity index (χ2n) is 8.74. The summed E-state index contributed by atoms with van der Waals surface area (Å²) in [6, 6.07) is 14.5. The summed E-state index contributed by atoms with van der Waals surface area (Å²) in [7, 11) is 0. The number of benzene rings is 2. The van der Waals surface area contributed by atoms with Gasteiger partial charge in [-0.05, 0) is 61.2 Å². The second-order valence-corrected chi connectivity index (χ2v) is 8.74. The van der Waals surface area contributed by atoms with Crippen molar-refractivity contribution in [3.05, 3.63) is 88.2 Å². The Morgan fingerprint density at radius 1 is 0.969 bits per heavy atom. The lowest BCUT2D eigenvalue weighted by Crippen LogP contribution is -2.18. The van der Waals surface area contributed by atoms with E-state index >= 15 is 0 Å². The maximum Gasteiger partial charge on any atom is 0.416 e. The topological polar surface area (TPSA) is 46.4 Å². The van der Waals surface area contributed by atoms with E-state index in [2.05, 4.69) is 60.1 Å². The number of hydrazone groups is 1. The molecule has 0 radical (unpaired) electrons. The van der Waals surface area contributed by atoms with Crippen LogP contribution >= 0.6 is 0 Å². The van der Waals surface area contributed by atoms with Crippen LogP contribution in [0.2, 0.25) is 0 Å². The molecule has 1 heterocycles. The fourth-order valence-corrected chi connectivity index (χ4v) is 3.49. The van der Waals surface area contributed by atoms with Crippen LogP contribution in [0.3, 0.4) is 0 Å². The monoisotopic (exact) mass is 441 g/mol. The maximum atomic E-state index is 12.8. The highest BCUT2D eigenvalue weighted by atomic mass is 19.4. The minimum absolute atomic E-state index is 0.0644. The molecule has 32 heavy (non-hydrogen) atoms. The smallest absolute Gasteiger partial charge is 0.318 e. The molecule has 0 fully saturated rings. The summed E-state index contributed by atoms with van der Waals surface area (Å²) in [5.41, 5.74) is 6.36. The number of rotatable bonds is 4. The molecule has 0 aliphatic heterocycles. The van der Waals surface area contributed by atoms with E-state index in [1.807, 2.05) is 19.9 Å². The first-order chi connectivity index (χ1) is 14.9. The minimum Gasteiger partial charge on any atom is -0.318 e. The molecule has 0 saturated heterocycles. The molecular weight excluding hydrogens is 415 g/mol. The maximum absolute atomic E-state index is 12.8. The molecule has 4 nitrogen and oxygen atoms in total. The molecule has 0 atom stereocenters. The van der Waals surface area contributed by atoms with Gasteiger partial charge in [-0.25, -0.2) is 5.43 Å². The first-order valence-corrected chi connectivity index (χ1v) is 10.2. The van der Waals surface area contributed by atoms with Crippen LogP contribution in [0.5, 0.6) is 0 Å². The van der Waals surface area contributed by atoms with Crippen LogP contribution in [-0.2, 0) is 11.6 Å². The third-order valence-electron chi connectivity index (χ3n) is 5.28. The Labute approximate surface area is 185 Å². The fraction of sp³-hybridized carbons (Fsp3) is 0.280. The van der Waals surface area contributed by atoms with E-state index in [4.69, 9.17) is 0 Å². The molecule has 0 aliphatic carbocycles. The lowest BCUT2D eigenvalue weighted by Gasteiger charge is -2.20. The highest BCUT2D eigenvalue weighted by molar-refractivity contribution is 5.95. The number of carbonyl (C=O) groups is 1. The zero-order valence-corrected chi connectivity index (χ0v) is 18.7. The Morgan fingerprint density at radius 2 is 1.62 bits per heavy atom. The summed E-state index contributed by atoms with van der Waals surface area (Å²) < 4.78 is 40.6. The summed E-state index contributed by atoms with van der Waals surface area (Å²) in [5.74, 6) is -0.709. The van der Waals surface area contributed by atoms with Gasteiger partial charge in [-0.1, -0.05) is 39.0 Å².